The van der Waals surface area contributed by atoms with Gasteiger partial charge in [0.1, 0.15) is 0 Å². The van der Waals surface area contributed by atoms with E-state index in [1.54, 1.807) is 10.4 Å². The van der Waals surface area contributed by atoms with Gasteiger partial charge in [-0.15, -0.1) is 0 Å². The summed E-state index contributed by atoms with van der Waals surface area (Å²) in [6, 6.07) is 11.0. The summed E-state index contributed by atoms with van der Waals surface area (Å²) in [5.74, 6) is 0.377. The van der Waals surface area contributed by atoms with Gasteiger partial charge in [0.05, 0.1) is 10.9 Å². The summed E-state index contributed by atoms with van der Waals surface area (Å²) >= 11 is 13.0. The Morgan fingerprint density at radius 3 is 2.48 bits per heavy atom. The van der Waals surface area contributed by atoms with Gasteiger partial charge in [0, 0.05) is 40.3 Å². The second-order valence-electron chi connectivity index (χ2n) is 7.97. The second-order valence-corrected chi connectivity index (χ2v) is 10.7. The zero-order valence-electron chi connectivity index (χ0n) is 15.8. The fraction of sp³-hybridized carbons (Fsp3) is 0.364. The summed E-state index contributed by atoms with van der Waals surface area (Å²) in [5, 5.41) is 4.90. The Morgan fingerprint density at radius 2 is 1.76 bits per heavy atom. The average molecular weight is 449 g/mol. The molecule has 29 heavy (non-hydrogen) atoms. The summed E-state index contributed by atoms with van der Waals surface area (Å²) < 4.78 is 27.7. The first kappa shape index (κ1) is 19.4. The number of allylic oxidation sites excluding steroid dienone is 2. The first-order valence-electron chi connectivity index (χ1n) is 9.98. The van der Waals surface area contributed by atoms with Crippen molar-refractivity contribution in [3.8, 4) is 0 Å². The minimum atomic E-state index is -3.44. The van der Waals surface area contributed by atoms with Crippen molar-refractivity contribution in [1.82, 2.24) is 4.31 Å². The molecule has 1 fully saturated rings. The number of sulfonamides is 1. The van der Waals surface area contributed by atoms with E-state index in [0.717, 1.165) is 36.1 Å². The molecule has 1 N–H and O–H groups in total. The van der Waals surface area contributed by atoms with E-state index in [-0.39, 0.29) is 17.9 Å². The Labute approximate surface area is 181 Å². The predicted octanol–water partition coefficient (Wildman–Crippen LogP) is 5.60. The van der Waals surface area contributed by atoms with Gasteiger partial charge in [-0.25, -0.2) is 8.42 Å². The molecule has 0 radical (unpaired) electrons. The van der Waals surface area contributed by atoms with E-state index in [4.69, 9.17) is 23.2 Å². The largest absolute Gasteiger partial charge is 0.378 e. The molecule has 1 aliphatic carbocycles. The zero-order chi connectivity index (χ0) is 20.2. The van der Waals surface area contributed by atoms with Crippen LogP contribution in [-0.4, -0.2) is 25.8 Å². The minimum absolute atomic E-state index is 0.0234. The van der Waals surface area contributed by atoms with E-state index in [0.29, 0.717) is 28.0 Å². The van der Waals surface area contributed by atoms with Crippen LogP contribution in [0, 0.1) is 5.92 Å². The van der Waals surface area contributed by atoms with Gasteiger partial charge in [-0.3, -0.25) is 0 Å². The molecule has 3 aliphatic rings. The smallest absolute Gasteiger partial charge is 0.243 e. The van der Waals surface area contributed by atoms with Crippen LogP contribution >= 0.6 is 23.2 Å². The van der Waals surface area contributed by atoms with Crippen LogP contribution in [0.1, 0.15) is 42.3 Å². The molecule has 7 heteroatoms. The van der Waals surface area contributed by atoms with Gasteiger partial charge in [0.25, 0.3) is 0 Å². The highest BCUT2D eigenvalue weighted by molar-refractivity contribution is 7.89. The Kier molecular flexibility index (Phi) is 4.90. The molecule has 152 valence electrons. The van der Waals surface area contributed by atoms with Crippen molar-refractivity contribution in [2.45, 2.75) is 36.1 Å². The highest BCUT2D eigenvalue weighted by Gasteiger charge is 2.40. The predicted molar refractivity (Wildman–Crippen MR) is 117 cm³/mol. The van der Waals surface area contributed by atoms with Crippen LogP contribution in [0.4, 0.5) is 5.69 Å². The Bertz CT molecular complexity index is 1070. The summed E-state index contributed by atoms with van der Waals surface area (Å²) in [5.41, 5.74) is 2.89. The highest BCUT2D eigenvalue weighted by Crippen LogP contribution is 2.52. The first-order valence-corrected chi connectivity index (χ1v) is 12.2. The maximum absolute atomic E-state index is 13.0. The van der Waals surface area contributed by atoms with Crippen molar-refractivity contribution in [2.24, 2.45) is 5.92 Å². The van der Waals surface area contributed by atoms with Gasteiger partial charge < -0.3 is 5.32 Å². The minimum Gasteiger partial charge on any atom is -0.378 e. The van der Waals surface area contributed by atoms with Crippen molar-refractivity contribution in [3.63, 3.8) is 0 Å². The van der Waals surface area contributed by atoms with Crippen LogP contribution in [0.3, 0.4) is 0 Å². The maximum Gasteiger partial charge on any atom is 0.243 e. The fourth-order valence-electron chi connectivity index (χ4n) is 4.90. The van der Waals surface area contributed by atoms with Gasteiger partial charge in [-0.1, -0.05) is 41.4 Å². The lowest BCUT2D eigenvalue weighted by atomic mass is 9.77. The molecule has 0 saturated carbocycles. The lowest BCUT2D eigenvalue weighted by Crippen LogP contribution is -2.31. The van der Waals surface area contributed by atoms with E-state index < -0.39 is 10.0 Å². The van der Waals surface area contributed by atoms with Crippen LogP contribution < -0.4 is 5.32 Å². The molecule has 3 atom stereocenters. The van der Waals surface area contributed by atoms with Crippen molar-refractivity contribution in [3.05, 3.63) is 69.7 Å². The molecule has 2 heterocycles. The molecule has 0 spiro atoms. The van der Waals surface area contributed by atoms with Crippen LogP contribution in [0.2, 0.25) is 10.0 Å². The summed E-state index contributed by atoms with van der Waals surface area (Å²) in [4.78, 5) is 0.383. The molecule has 0 bridgehead atoms. The summed E-state index contributed by atoms with van der Waals surface area (Å²) in [6.07, 6.45) is 7.12. The second kappa shape index (κ2) is 7.31. The third-order valence-corrected chi connectivity index (χ3v) is 8.90. The Hall–Kier alpha value is -1.53. The van der Waals surface area contributed by atoms with E-state index >= 15 is 0 Å². The van der Waals surface area contributed by atoms with Crippen molar-refractivity contribution in [1.29, 1.82) is 0 Å². The molecule has 2 aromatic carbocycles. The molecular weight excluding hydrogens is 427 g/mol. The van der Waals surface area contributed by atoms with E-state index in [1.165, 1.54) is 0 Å². The topological polar surface area (TPSA) is 49.4 Å². The number of anilines is 1. The number of hydrogen-bond acceptors (Lipinski definition) is 3. The van der Waals surface area contributed by atoms with Gasteiger partial charge in [0.15, 0.2) is 0 Å². The van der Waals surface area contributed by atoms with Crippen molar-refractivity contribution in [2.75, 3.05) is 18.4 Å². The number of halogens is 2. The molecule has 4 nitrogen and oxygen atoms in total. The lowest BCUT2D eigenvalue weighted by molar-refractivity contribution is 0.425. The normalized spacial score (nSPS) is 26.2. The molecule has 2 aliphatic heterocycles. The van der Waals surface area contributed by atoms with E-state index in [1.807, 2.05) is 30.3 Å². The van der Waals surface area contributed by atoms with E-state index in [9.17, 15) is 8.42 Å². The van der Waals surface area contributed by atoms with Gasteiger partial charge in [-0.2, -0.15) is 4.31 Å². The third-order valence-electron chi connectivity index (χ3n) is 6.35. The van der Waals surface area contributed by atoms with Crippen molar-refractivity contribution < 1.29 is 8.42 Å². The standard InChI is InChI=1S/C22H22Cl2N2O2S/c23-18-7-4-8-19(24)21(18)22-16-6-3-5-15(16)17-13-14(9-10-20(17)25-22)29(27,28)26-11-1-2-12-26/h3-5,7-10,13,15-16,22,25H,1-2,6,11-12H2. The molecular formula is C22H22Cl2N2O2S. The maximum atomic E-state index is 13.0. The molecule has 2 aromatic rings. The average Bonchev–Trinajstić information content (AvgIpc) is 3.40. The fourth-order valence-corrected chi connectivity index (χ4v) is 7.09. The molecule has 5 rings (SSSR count). The van der Waals surface area contributed by atoms with Crippen LogP contribution in [-0.2, 0) is 10.0 Å². The quantitative estimate of drug-likeness (QED) is 0.621. The zero-order valence-corrected chi connectivity index (χ0v) is 18.1. The monoisotopic (exact) mass is 448 g/mol. The van der Waals surface area contributed by atoms with Crippen LogP contribution in [0.5, 0.6) is 0 Å². The number of fused-ring (bicyclic) bond motifs is 3. The third kappa shape index (κ3) is 3.19. The van der Waals surface area contributed by atoms with Crippen molar-refractivity contribution >= 4 is 38.9 Å². The van der Waals surface area contributed by atoms with Gasteiger partial charge in [-0.05, 0) is 61.1 Å². The number of rotatable bonds is 3. The highest BCUT2D eigenvalue weighted by atomic mass is 35.5. The van der Waals surface area contributed by atoms with Crippen LogP contribution in [0.15, 0.2) is 53.4 Å². The number of nitrogens with one attached hydrogen (secondary N) is 1. The van der Waals surface area contributed by atoms with Gasteiger partial charge in [0.2, 0.25) is 10.0 Å². The number of hydrogen-bond donors (Lipinski definition) is 1. The number of nitrogens with zero attached hydrogens (tertiary/aromatic N) is 1. The molecule has 1 saturated heterocycles. The summed E-state index contributed by atoms with van der Waals surface area (Å²) in [7, 11) is -3.44. The van der Waals surface area contributed by atoms with Crippen LogP contribution in [0.25, 0.3) is 0 Å². The lowest BCUT2D eigenvalue weighted by Gasteiger charge is -2.38. The SMILES string of the molecule is O=S(=O)(c1ccc2c(c1)C1C=CCC1C(c1c(Cl)cccc1Cl)N2)N1CCCC1. The Balaban J connectivity index is 1.57. The molecule has 3 unspecified atom stereocenters. The first-order chi connectivity index (χ1) is 14.0. The van der Waals surface area contributed by atoms with E-state index in [2.05, 4.69) is 17.5 Å². The summed E-state index contributed by atoms with van der Waals surface area (Å²) in [6.45, 7) is 1.22. The molecule has 0 aromatic heterocycles. The Morgan fingerprint density at radius 1 is 1.03 bits per heavy atom. The number of benzene rings is 2. The van der Waals surface area contributed by atoms with Gasteiger partial charge >= 0.3 is 0 Å². The molecule has 0 amide bonds.